The summed E-state index contributed by atoms with van der Waals surface area (Å²) in [5.41, 5.74) is -0.779. The van der Waals surface area contributed by atoms with Crippen LogP contribution in [-0.4, -0.2) is 47.7 Å². The molecule has 1 aromatic carbocycles. The molecule has 0 bridgehead atoms. The zero-order chi connectivity index (χ0) is 18.0. The van der Waals surface area contributed by atoms with E-state index in [0.29, 0.717) is 18.7 Å². The lowest BCUT2D eigenvalue weighted by Crippen LogP contribution is -2.46. The van der Waals surface area contributed by atoms with Gasteiger partial charge in [-0.2, -0.15) is 0 Å². The molecule has 0 spiro atoms. The lowest BCUT2D eigenvalue weighted by Gasteiger charge is -2.24. The number of likely N-dealkylation sites (tertiary alicyclic amines) is 1. The van der Waals surface area contributed by atoms with Crippen molar-refractivity contribution in [1.82, 2.24) is 10.2 Å². The highest BCUT2D eigenvalue weighted by molar-refractivity contribution is 5.80. The maximum absolute atomic E-state index is 13.1. The number of carbonyl (C=O) groups excluding carboxylic acids is 1. The summed E-state index contributed by atoms with van der Waals surface area (Å²) in [4.78, 5) is 25.7. The predicted octanol–water partition coefficient (Wildman–Crippen LogP) is 2.49. The average molecular weight is 350 g/mol. The summed E-state index contributed by atoms with van der Waals surface area (Å²) in [7, 11) is 0. The second kappa shape index (κ2) is 6.90. The van der Waals surface area contributed by atoms with Crippen molar-refractivity contribution >= 4 is 12.0 Å². The van der Waals surface area contributed by atoms with Crippen molar-refractivity contribution in [3.63, 3.8) is 0 Å². The van der Waals surface area contributed by atoms with Crippen LogP contribution in [0.4, 0.5) is 9.18 Å². The zero-order valence-corrected chi connectivity index (χ0v) is 14.2. The number of hydrogen-bond donors (Lipinski definition) is 2. The Labute approximate surface area is 146 Å². The van der Waals surface area contributed by atoms with E-state index < -0.39 is 11.4 Å². The van der Waals surface area contributed by atoms with Crippen LogP contribution in [-0.2, 0) is 4.79 Å². The van der Waals surface area contributed by atoms with Crippen molar-refractivity contribution in [2.45, 2.75) is 32.2 Å². The number of ether oxygens (including phenoxy) is 1. The van der Waals surface area contributed by atoms with Gasteiger partial charge in [0.15, 0.2) is 0 Å². The number of rotatable bonds is 5. The molecule has 1 aromatic rings. The van der Waals surface area contributed by atoms with E-state index in [4.69, 9.17) is 4.74 Å². The number of hydrogen-bond acceptors (Lipinski definition) is 3. The van der Waals surface area contributed by atoms with Crippen molar-refractivity contribution in [1.29, 1.82) is 0 Å². The van der Waals surface area contributed by atoms with E-state index in [1.54, 1.807) is 24.0 Å². The minimum Gasteiger partial charge on any atom is -0.491 e. The molecule has 1 aliphatic heterocycles. The molecule has 2 aliphatic rings. The molecule has 7 heteroatoms. The van der Waals surface area contributed by atoms with Crippen LogP contribution >= 0.6 is 0 Å². The molecule has 2 N–H and O–H groups in total. The highest BCUT2D eigenvalue weighted by atomic mass is 19.1. The first-order valence-corrected chi connectivity index (χ1v) is 8.58. The van der Waals surface area contributed by atoms with Gasteiger partial charge < -0.3 is 20.1 Å². The number of carboxylic acids is 1. The van der Waals surface area contributed by atoms with E-state index in [1.165, 1.54) is 12.1 Å². The van der Waals surface area contributed by atoms with Gasteiger partial charge in [-0.25, -0.2) is 9.18 Å². The van der Waals surface area contributed by atoms with Gasteiger partial charge in [0.1, 0.15) is 18.2 Å². The van der Waals surface area contributed by atoms with Crippen molar-refractivity contribution in [2.75, 3.05) is 19.7 Å². The quantitative estimate of drug-likeness (QED) is 0.855. The molecule has 25 heavy (non-hydrogen) atoms. The van der Waals surface area contributed by atoms with Crippen molar-refractivity contribution in [2.24, 2.45) is 11.3 Å². The normalized spacial score (nSPS) is 26.2. The van der Waals surface area contributed by atoms with Crippen LogP contribution in [0, 0.1) is 17.2 Å². The molecule has 3 atom stereocenters. The molecule has 2 fully saturated rings. The van der Waals surface area contributed by atoms with Crippen LogP contribution in [0.15, 0.2) is 24.3 Å². The molecule has 6 nitrogen and oxygen atoms in total. The molecular formula is C18H23FN2O4. The third-order valence-corrected chi connectivity index (χ3v) is 5.25. The summed E-state index contributed by atoms with van der Waals surface area (Å²) in [6, 6.07) is 5.27. The summed E-state index contributed by atoms with van der Waals surface area (Å²) in [6.45, 7) is 2.74. The lowest BCUT2D eigenvalue weighted by atomic mass is 9.81. The molecule has 3 rings (SSSR count). The number of nitrogens with zero attached hydrogens (tertiary/aromatic N) is 1. The fraction of sp³-hybridized carbons (Fsp3) is 0.556. The number of halogens is 1. The number of urea groups is 1. The van der Waals surface area contributed by atoms with Gasteiger partial charge in [0.25, 0.3) is 0 Å². The second-order valence-corrected chi connectivity index (χ2v) is 7.05. The van der Waals surface area contributed by atoms with E-state index in [-0.39, 0.29) is 37.0 Å². The molecule has 1 saturated heterocycles. The molecular weight excluding hydrogens is 327 g/mol. The third kappa shape index (κ3) is 3.55. The summed E-state index contributed by atoms with van der Waals surface area (Å²) in [5, 5.41) is 12.4. The molecule has 1 aliphatic carbocycles. The lowest BCUT2D eigenvalue weighted by molar-refractivity contribution is -0.149. The topological polar surface area (TPSA) is 78.9 Å². The van der Waals surface area contributed by atoms with Gasteiger partial charge in [0, 0.05) is 19.2 Å². The molecule has 1 unspecified atom stereocenters. The van der Waals surface area contributed by atoms with Crippen molar-refractivity contribution in [3.05, 3.63) is 30.1 Å². The monoisotopic (exact) mass is 350 g/mol. The number of fused-ring (bicyclic) bond motifs is 1. The van der Waals surface area contributed by atoms with Gasteiger partial charge in [0.2, 0.25) is 0 Å². The largest absolute Gasteiger partial charge is 0.491 e. The highest BCUT2D eigenvalue weighted by Gasteiger charge is 2.55. The summed E-state index contributed by atoms with van der Waals surface area (Å²) >= 11 is 0. The molecule has 1 saturated carbocycles. The summed E-state index contributed by atoms with van der Waals surface area (Å²) in [6.07, 6.45) is 2.40. The Morgan fingerprint density at radius 3 is 3.00 bits per heavy atom. The van der Waals surface area contributed by atoms with Crippen LogP contribution in [0.2, 0.25) is 0 Å². The molecule has 2 amide bonds. The van der Waals surface area contributed by atoms with E-state index >= 15 is 0 Å². The van der Waals surface area contributed by atoms with E-state index in [1.807, 2.05) is 0 Å². The van der Waals surface area contributed by atoms with Gasteiger partial charge in [-0.15, -0.1) is 0 Å². The Hall–Kier alpha value is -2.31. The van der Waals surface area contributed by atoms with Gasteiger partial charge >= 0.3 is 12.0 Å². The highest BCUT2D eigenvalue weighted by Crippen LogP contribution is 2.48. The predicted molar refractivity (Wildman–Crippen MR) is 88.9 cm³/mol. The maximum atomic E-state index is 13.1. The van der Waals surface area contributed by atoms with E-state index in [2.05, 4.69) is 5.32 Å². The first-order chi connectivity index (χ1) is 11.9. The Balaban J connectivity index is 1.51. The SMILES string of the molecule is CC(COc1cccc(F)c1)NC(=O)N1C[C@@H]2CCC[C@@]2(C(=O)O)C1. The standard InChI is InChI=1S/C18H23FN2O4/c1-12(10-25-15-6-2-5-14(19)8-15)20-17(24)21-9-13-4-3-7-18(13,11-21)16(22)23/h2,5-6,8,12-13H,3-4,7,9-11H2,1H3,(H,20,24)(H,22,23)/t12?,13-,18+/m0/s1. The first kappa shape index (κ1) is 17.5. The van der Waals surface area contributed by atoms with Gasteiger partial charge in [0.05, 0.1) is 11.5 Å². The second-order valence-electron chi connectivity index (χ2n) is 7.05. The van der Waals surface area contributed by atoms with Crippen LogP contribution in [0.25, 0.3) is 0 Å². The number of amides is 2. The Kier molecular flexibility index (Phi) is 4.83. The Bertz CT molecular complexity index is 668. The average Bonchev–Trinajstić information content (AvgIpc) is 3.11. The van der Waals surface area contributed by atoms with Crippen LogP contribution in [0.3, 0.4) is 0 Å². The zero-order valence-electron chi connectivity index (χ0n) is 14.2. The number of aliphatic carboxylic acids is 1. The van der Waals surface area contributed by atoms with Crippen LogP contribution < -0.4 is 10.1 Å². The van der Waals surface area contributed by atoms with Gasteiger partial charge in [-0.1, -0.05) is 12.5 Å². The van der Waals surface area contributed by atoms with E-state index in [9.17, 15) is 19.1 Å². The maximum Gasteiger partial charge on any atom is 0.317 e. The fourth-order valence-corrected chi connectivity index (χ4v) is 3.92. The minimum atomic E-state index is -0.798. The van der Waals surface area contributed by atoms with Crippen LogP contribution in [0.1, 0.15) is 26.2 Å². The molecule has 0 radical (unpaired) electrons. The number of nitrogens with one attached hydrogen (secondary N) is 1. The van der Waals surface area contributed by atoms with Gasteiger partial charge in [-0.05, 0) is 37.8 Å². The molecule has 0 aromatic heterocycles. The molecule has 1 heterocycles. The number of carboxylic acid groups (broad SMARTS) is 1. The smallest absolute Gasteiger partial charge is 0.317 e. The Morgan fingerprint density at radius 2 is 2.32 bits per heavy atom. The fourth-order valence-electron chi connectivity index (χ4n) is 3.92. The summed E-state index contributed by atoms with van der Waals surface area (Å²) in [5.74, 6) is -0.735. The minimum absolute atomic E-state index is 0.0367. The van der Waals surface area contributed by atoms with E-state index in [0.717, 1.165) is 12.8 Å². The number of benzene rings is 1. The van der Waals surface area contributed by atoms with Crippen molar-refractivity contribution in [3.8, 4) is 5.75 Å². The van der Waals surface area contributed by atoms with Gasteiger partial charge in [-0.3, -0.25) is 4.79 Å². The van der Waals surface area contributed by atoms with Crippen molar-refractivity contribution < 1.29 is 23.8 Å². The summed E-state index contributed by atoms with van der Waals surface area (Å²) < 4.78 is 18.6. The number of carbonyl (C=O) groups is 2. The molecule has 136 valence electrons. The van der Waals surface area contributed by atoms with Crippen LogP contribution in [0.5, 0.6) is 5.75 Å². The third-order valence-electron chi connectivity index (χ3n) is 5.25. The Morgan fingerprint density at radius 1 is 1.52 bits per heavy atom. The first-order valence-electron chi connectivity index (χ1n) is 8.58.